The number of methoxy groups -OCH3 is 2. The summed E-state index contributed by atoms with van der Waals surface area (Å²) in [5.74, 6) is 0.938. The number of imidazole rings is 1. The molecular weight excluding hydrogens is 749 g/mol. The van der Waals surface area contributed by atoms with Gasteiger partial charge in [-0.3, -0.25) is 24.5 Å². The zero-order valence-corrected chi connectivity index (χ0v) is 34.1. The minimum absolute atomic E-state index is 0.0326. The molecule has 3 unspecified atom stereocenters. The molecule has 2 heterocycles. The Hall–Kier alpha value is -5.20. The standard InChI is InChI=1S/C41H50N7O8P/c1-27(2)48(28(3)4)57(51)56-35(36(24-42)54-26-47-25-43-37-38(47)45-40(44-29(5)49)46-39(37)50)14-11-23-55-41(30-12-9-8-10-13-30,31-15-19-33(52-6)20-16-31)32-17-21-34(53-7)22-18-32/h8-10,12-13,15-22,25,27-28,35-36,51H,11,14,23,26H2,1-7H3,(H2,44,45,46,49,50). The number of carbonyl (C=O) groups is 1. The molecule has 3 atom stereocenters. The Balaban J connectivity index is 1.44. The zero-order valence-electron chi connectivity index (χ0n) is 33.2. The SMILES string of the molecule is COc1ccc(C(OCCCC(OP(O)N(C(C)C)C(C)C)C(C#N)OCn2cnc3c(=O)[nH]c(NC(C)=O)nc32)(c2ccccc2)c2ccc(OC)cc2)cc1. The van der Waals surface area contributed by atoms with Crippen LogP contribution in [0.15, 0.2) is 90.0 Å². The number of nitriles is 1. The van der Waals surface area contributed by atoms with E-state index < -0.39 is 37.8 Å². The van der Waals surface area contributed by atoms with Gasteiger partial charge in [0, 0.05) is 25.6 Å². The van der Waals surface area contributed by atoms with Crippen LogP contribution >= 0.6 is 8.53 Å². The van der Waals surface area contributed by atoms with Gasteiger partial charge < -0.3 is 28.4 Å². The lowest BCUT2D eigenvalue weighted by molar-refractivity contribution is -0.114. The number of aromatic nitrogens is 4. The van der Waals surface area contributed by atoms with Crippen molar-refractivity contribution in [2.75, 3.05) is 26.1 Å². The molecule has 0 fully saturated rings. The summed E-state index contributed by atoms with van der Waals surface area (Å²) >= 11 is 0. The van der Waals surface area contributed by atoms with E-state index in [4.69, 9.17) is 23.5 Å². The number of hydrogen-bond donors (Lipinski definition) is 3. The van der Waals surface area contributed by atoms with E-state index in [2.05, 4.69) is 26.3 Å². The van der Waals surface area contributed by atoms with E-state index in [-0.39, 0.29) is 49.0 Å². The van der Waals surface area contributed by atoms with Crippen molar-refractivity contribution in [1.29, 1.82) is 5.26 Å². The smallest absolute Gasteiger partial charge is 0.280 e. The minimum atomic E-state index is -2.14. The number of ether oxygens (including phenoxy) is 4. The maximum absolute atomic E-state index is 12.6. The summed E-state index contributed by atoms with van der Waals surface area (Å²) in [5, 5.41) is 12.9. The van der Waals surface area contributed by atoms with E-state index in [1.165, 1.54) is 17.8 Å². The molecule has 0 radical (unpaired) electrons. The fourth-order valence-electron chi connectivity index (χ4n) is 6.67. The minimum Gasteiger partial charge on any atom is -0.497 e. The summed E-state index contributed by atoms with van der Waals surface area (Å²) in [6.45, 7) is 9.14. The lowest BCUT2D eigenvalue weighted by atomic mass is 9.80. The van der Waals surface area contributed by atoms with Gasteiger partial charge in [-0.05, 0) is 81.5 Å². The lowest BCUT2D eigenvalue weighted by Gasteiger charge is -2.37. The normalized spacial score (nSPS) is 13.4. The largest absolute Gasteiger partial charge is 0.497 e. The first kappa shape index (κ1) is 42.9. The molecular formula is C41H50N7O8P. The summed E-state index contributed by atoms with van der Waals surface area (Å²) < 4.78 is 33.8. The van der Waals surface area contributed by atoms with Crippen molar-refractivity contribution >= 4 is 31.5 Å². The predicted molar refractivity (Wildman–Crippen MR) is 217 cm³/mol. The van der Waals surface area contributed by atoms with Crippen LogP contribution < -0.4 is 20.3 Å². The van der Waals surface area contributed by atoms with Crippen LogP contribution in [0.1, 0.15) is 64.2 Å². The fraction of sp³-hybridized carbons (Fsp3) is 0.390. The number of nitrogens with zero attached hydrogens (tertiary/aromatic N) is 5. The van der Waals surface area contributed by atoms with Crippen LogP contribution in [-0.2, 0) is 31.1 Å². The highest BCUT2D eigenvalue weighted by Gasteiger charge is 2.38. The summed E-state index contributed by atoms with van der Waals surface area (Å²) in [5.41, 5.74) is 1.22. The molecule has 5 aromatic rings. The van der Waals surface area contributed by atoms with Gasteiger partial charge in [0.05, 0.1) is 26.6 Å². The van der Waals surface area contributed by atoms with Crippen LogP contribution in [0.5, 0.6) is 11.5 Å². The van der Waals surface area contributed by atoms with Crippen molar-refractivity contribution in [2.24, 2.45) is 0 Å². The maximum Gasteiger partial charge on any atom is 0.280 e. The zero-order chi connectivity index (χ0) is 41.1. The van der Waals surface area contributed by atoms with Crippen LogP contribution in [0.4, 0.5) is 5.95 Å². The number of fused-ring (bicyclic) bond motifs is 1. The van der Waals surface area contributed by atoms with Crippen LogP contribution in [0.2, 0.25) is 0 Å². The highest BCUT2D eigenvalue weighted by molar-refractivity contribution is 7.43. The molecule has 3 N–H and O–H groups in total. The van der Waals surface area contributed by atoms with Gasteiger partial charge in [0.25, 0.3) is 14.1 Å². The second-order valence-electron chi connectivity index (χ2n) is 13.8. The van der Waals surface area contributed by atoms with Crippen molar-refractivity contribution < 1.29 is 33.2 Å². The number of carbonyl (C=O) groups excluding carboxylic acids is 1. The number of H-pyrrole nitrogens is 1. The third-order valence-corrected chi connectivity index (χ3v) is 11.0. The van der Waals surface area contributed by atoms with E-state index in [9.17, 15) is 19.7 Å². The van der Waals surface area contributed by atoms with Crippen molar-refractivity contribution in [2.45, 2.75) is 84.1 Å². The number of amides is 1. The van der Waals surface area contributed by atoms with Gasteiger partial charge in [-0.15, -0.1) is 0 Å². The molecule has 0 saturated heterocycles. The second kappa shape index (κ2) is 19.8. The number of nitrogens with one attached hydrogen (secondary N) is 2. The molecule has 57 heavy (non-hydrogen) atoms. The molecule has 15 nitrogen and oxygen atoms in total. The van der Waals surface area contributed by atoms with E-state index in [1.807, 2.05) is 111 Å². The van der Waals surface area contributed by atoms with Crippen LogP contribution in [0, 0.1) is 11.3 Å². The Kier molecular flexibility index (Phi) is 14.9. The second-order valence-corrected chi connectivity index (χ2v) is 15.0. The quantitative estimate of drug-likeness (QED) is 0.0443. The molecule has 0 aliphatic carbocycles. The van der Waals surface area contributed by atoms with E-state index in [1.54, 1.807) is 14.2 Å². The molecule has 1 amide bonds. The van der Waals surface area contributed by atoms with E-state index in [0.29, 0.717) is 17.9 Å². The predicted octanol–water partition coefficient (Wildman–Crippen LogP) is 6.47. The Bertz CT molecular complexity index is 2100. The summed E-state index contributed by atoms with van der Waals surface area (Å²) in [6.07, 6.45) is -0.0245. The Morgan fingerprint density at radius 1 is 0.965 bits per heavy atom. The van der Waals surface area contributed by atoms with Crippen molar-refractivity contribution in [1.82, 2.24) is 24.2 Å². The molecule has 5 rings (SSSR count). The monoisotopic (exact) mass is 799 g/mol. The molecule has 302 valence electrons. The molecule has 3 aromatic carbocycles. The first-order valence-electron chi connectivity index (χ1n) is 18.6. The molecule has 0 saturated carbocycles. The van der Waals surface area contributed by atoms with Crippen LogP contribution in [0.3, 0.4) is 0 Å². The molecule has 0 bridgehead atoms. The number of aromatic amines is 1. The number of benzene rings is 3. The van der Waals surface area contributed by atoms with E-state index in [0.717, 1.165) is 16.7 Å². The third kappa shape index (κ3) is 10.2. The Morgan fingerprint density at radius 2 is 1.54 bits per heavy atom. The fourth-order valence-corrected chi connectivity index (χ4v) is 8.03. The van der Waals surface area contributed by atoms with E-state index >= 15 is 0 Å². The highest BCUT2D eigenvalue weighted by Crippen LogP contribution is 2.44. The summed E-state index contributed by atoms with van der Waals surface area (Å²) in [4.78, 5) is 46.7. The number of hydrogen-bond acceptors (Lipinski definition) is 12. The summed E-state index contributed by atoms with van der Waals surface area (Å²) in [6, 6.07) is 27.5. The molecule has 0 aliphatic rings. The lowest BCUT2D eigenvalue weighted by Crippen LogP contribution is -2.37. The topological polar surface area (TPSA) is 186 Å². The average molecular weight is 800 g/mol. The molecule has 0 spiro atoms. The third-order valence-electron chi connectivity index (χ3n) is 9.24. The summed E-state index contributed by atoms with van der Waals surface area (Å²) in [7, 11) is 1.10. The molecule has 0 aliphatic heterocycles. The van der Waals surface area contributed by atoms with Gasteiger partial charge in [0.1, 0.15) is 29.9 Å². The maximum atomic E-state index is 12.6. The average Bonchev–Trinajstić information content (AvgIpc) is 3.61. The van der Waals surface area contributed by atoms with Crippen molar-refractivity contribution in [3.8, 4) is 17.6 Å². The van der Waals surface area contributed by atoms with Crippen molar-refractivity contribution in [3.05, 3.63) is 112 Å². The molecule has 2 aromatic heterocycles. The first-order valence-corrected chi connectivity index (χ1v) is 19.7. The Labute approximate surface area is 333 Å². The van der Waals surface area contributed by atoms with Gasteiger partial charge in [0.2, 0.25) is 11.9 Å². The Morgan fingerprint density at radius 3 is 2.07 bits per heavy atom. The highest BCUT2D eigenvalue weighted by atomic mass is 31.2. The van der Waals surface area contributed by atoms with Gasteiger partial charge in [0.15, 0.2) is 17.3 Å². The molecule has 16 heteroatoms. The first-order chi connectivity index (χ1) is 27.4. The number of anilines is 1. The van der Waals surface area contributed by atoms with Gasteiger partial charge in [-0.2, -0.15) is 10.2 Å². The van der Waals surface area contributed by atoms with Gasteiger partial charge in [-0.25, -0.2) is 9.65 Å². The van der Waals surface area contributed by atoms with Crippen molar-refractivity contribution in [3.63, 3.8) is 0 Å². The van der Waals surface area contributed by atoms with Gasteiger partial charge >= 0.3 is 0 Å². The van der Waals surface area contributed by atoms with Crippen LogP contribution in [-0.4, -0.2) is 80.1 Å². The number of rotatable bonds is 20. The van der Waals surface area contributed by atoms with Gasteiger partial charge in [-0.1, -0.05) is 54.6 Å². The van der Waals surface area contributed by atoms with Crippen LogP contribution in [0.25, 0.3) is 11.2 Å².